The number of halogens is 1. The van der Waals surface area contributed by atoms with Crippen LogP contribution in [0, 0.1) is 6.92 Å². The quantitative estimate of drug-likeness (QED) is 0.412. The molecule has 0 aliphatic heterocycles. The van der Waals surface area contributed by atoms with Crippen LogP contribution >= 0.6 is 0 Å². The molecule has 0 unspecified atom stereocenters. The average Bonchev–Trinajstić information content (AvgIpc) is 3.41. The summed E-state index contributed by atoms with van der Waals surface area (Å²) in [6.45, 7) is 1.34. The number of anilines is 2. The fraction of sp³-hybridized carbons (Fsp3) is 0.0870. The molecular weight excluding hydrogens is 379 g/mol. The SMILES string of the molecule is Cc1cc2ccc(-c3nccc(Nc4ccc(-c5cn[nH]c5)cc4)n3)cc2n1CF. The summed E-state index contributed by atoms with van der Waals surface area (Å²) in [6.07, 6.45) is 5.36. The number of hydrogen-bond acceptors (Lipinski definition) is 4. The Morgan fingerprint density at radius 3 is 2.60 bits per heavy atom. The molecule has 0 atom stereocenters. The van der Waals surface area contributed by atoms with Crippen molar-refractivity contribution < 1.29 is 4.39 Å². The predicted octanol–water partition coefficient (Wildman–Crippen LogP) is 5.47. The summed E-state index contributed by atoms with van der Waals surface area (Å²) < 4.78 is 15.1. The van der Waals surface area contributed by atoms with Crippen molar-refractivity contribution in [2.75, 3.05) is 5.32 Å². The van der Waals surface area contributed by atoms with Crippen LogP contribution in [0.2, 0.25) is 0 Å². The van der Waals surface area contributed by atoms with Gasteiger partial charge in [-0.15, -0.1) is 0 Å². The largest absolute Gasteiger partial charge is 0.340 e. The highest BCUT2D eigenvalue weighted by molar-refractivity contribution is 5.85. The lowest BCUT2D eigenvalue weighted by molar-refractivity contribution is 0.381. The summed E-state index contributed by atoms with van der Waals surface area (Å²) in [5, 5.41) is 11.1. The predicted molar refractivity (Wildman–Crippen MR) is 116 cm³/mol. The highest BCUT2D eigenvalue weighted by atomic mass is 19.1. The Morgan fingerprint density at radius 1 is 1.00 bits per heavy atom. The van der Waals surface area contributed by atoms with Crippen molar-refractivity contribution in [2.24, 2.45) is 0 Å². The van der Waals surface area contributed by atoms with Gasteiger partial charge in [0.1, 0.15) is 5.82 Å². The fourth-order valence-electron chi connectivity index (χ4n) is 3.56. The molecule has 0 fully saturated rings. The third-order valence-corrected chi connectivity index (χ3v) is 5.13. The van der Waals surface area contributed by atoms with Gasteiger partial charge in [-0.25, -0.2) is 14.4 Å². The number of aromatic nitrogens is 5. The van der Waals surface area contributed by atoms with Gasteiger partial charge in [-0.1, -0.05) is 24.3 Å². The lowest BCUT2D eigenvalue weighted by Crippen LogP contribution is -1.98. The van der Waals surface area contributed by atoms with Crippen LogP contribution in [0.1, 0.15) is 5.69 Å². The number of aryl methyl sites for hydroxylation is 1. The second-order valence-electron chi connectivity index (χ2n) is 7.06. The molecule has 148 valence electrons. The van der Waals surface area contributed by atoms with Gasteiger partial charge in [-0.05, 0) is 48.2 Å². The number of alkyl halides is 1. The summed E-state index contributed by atoms with van der Waals surface area (Å²) in [6, 6.07) is 17.7. The molecule has 0 saturated heterocycles. The Kier molecular flexibility index (Phi) is 4.48. The van der Waals surface area contributed by atoms with Gasteiger partial charge in [-0.3, -0.25) is 5.10 Å². The standard InChI is InChI=1S/C23H19FN6/c1-15-10-17-2-3-18(11-21(17)30(15)14-24)23-25-9-8-22(29-23)28-20-6-4-16(5-7-20)19-12-26-27-13-19/h2-13H,14H2,1H3,(H,26,27)(H,25,28,29). The molecule has 6 nitrogen and oxygen atoms in total. The molecule has 0 saturated carbocycles. The van der Waals surface area contributed by atoms with Crippen molar-refractivity contribution in [2.45, 2.75) is 13.7 Å². The molecule has 2 N–H and O–H groups in total. The van der Waals surface area contributed by atoms with Crippen LogP contribution in [0.15, 0.2) is 73.2 Å². The molecular formula is C23H19FN6. The van der Waals surface area contributed by atoms with Crippen LogP contribution in [0.4, 0.5) is 15.9 Å². The van der Waals surface area contributed by atoms with Crippen molar-refractivity contribution in [3.8, 4) is 22.5 Å². The highest BCUT2D eigenvalue weighted by Gasteiger charge is 2.09. The van der Waals surface area contributed by atoms with Crippen LogP contribution in [0.25, 0.3) is 33.4 Å². The zero-order valence-electron chi connectivity index (χ0n) is 16.3. The topological polar surface area (TPSA) is 71.4 Å². The van der Waals surface area contributed by atoms with Crippen molar-refractivity contribution in [1.29, 1.82) is 0 Å². The molecule has 3 aromatic heterocycles. The van der Waals surface area contributed by atoms with Crippen LogP contribution in [0.3, 0.4) is 0 Å². The average molecular weight is 398 g/mol. The molecule has 0 spiro atoms. The minimum Gasteiger partial charge on any atom is -0.340 e. The van der Waals surface area contributed by atoms with E-state index in [2.05, 4.69) is 25.5 Å². The number of rotatable bonds is 5. The summed E-state index contributed by atoms with van der Waals surface area (Å²) in [7, 11) is 0. The zero-order chi connectivity index (χ0) is 20.5. The Bertz CT molecular complexity index is 1310. The van der Waals surface area contributed by atoms with E-state index in [1.165, 1.54) is 0 Å². The third kappa shape index (κ3) is 3.30. The summed E-state index contributed by atoms with van der Waals surface area (Å²) >= 11 is 0. The Morgan fingerprint density at radius 2 is 1.83 bits per heavy atom. The third-order valence-electron chi connectivity index (χ3n) is 5.13. The summed E-state index contributed by atoms with van der Waals surface area (Å²) in [5.41, 5.74) is 5.61. The molecule has 2 aromatic carbocycles. The molecule has 5 aromatic rings. The van der Waals surface area contributed by atoms with Gasteiger partial charge < -0.3 is 9.88 Å². The summed E-state index contributed by atoms with van der Waals surface area (Å²) in [5.74, 6) is 1.27. The first-order chi connectivity index (χ1) is 14.7. The van der Waals surface area contributed by atoms with Crippen molar-refractivity contribution in [3.63, 3.8) is 0 Å². The van der Waals surface area contributed by atoms with Gasteiger partial charge in [0.15, 0.2) is 12.6 Å². The van der Waals surface area contributed by atoms with Gasteiger partial charge in [0.25, 0.3) is 0 Å². The van der Waals surface area contributed by atoms with Gasteiger partial charge in [0.05, 0.1) is 11.7 Å². The molecule has 3 heterocycles. The number of nitrogens with zero attached hydrogens (tertiary/aromatic N) is 4. The van der Waals surface area contributed by atoms with E-state index in [1.54, 1.807) is 17.0 Å². The van der Waals surface area contributed by atoms with Gasteiger partial charge in [0, 0.05) is 34.9 Å². The Hall–Kier alpha value is -4.00. The molecule has 0 bridgehead atoms. The fourth-order valence-corrected chi connectivity index (χ4v) is 3.56. The molecule has 0 radical (unpaired) electrons. The second-order valence-corrected chi connectivity index (χ2v) is 7.06. The lowest BCUT2D eigenvalue weighted by Gasteiger charge is -2.08. The first-order valence-electron chi connectivity index (χ1n) is 9.57. The highest BCUT2D eigenvalue weighted by Crippen LogP contribution is 2.27. The van der Waals surface area contributed by atoms with Gasteiger partial charge >= 0.3 is 0 Å². The molecule has 0 amide bonds. The number of aromatic amines is 1. The number of H-pyrrole nitrogens is 1. The van der Waals surface area contributed by atoms with Crippen molar-refractivity contribution in [1.82, 2.24) is 24.7 Å². The van der Waals surface area contributed by atoms with Gasteiger partial charge in [0.2, 0.25) is 0 Å². The van der Waals surface area contributed by atoms with E-state index in [1.807, 2.05) is 67.7 Å². The maximum Gasteiger partial charge on any atom is 0.165 e. The van der Waals surface area contributed by atoms with E-state index < -0.39 is 6.80 Å². The van der Waals surface area contributed by atoms with Gasteiger partial charge in [-0.2, -0.15) is 5.10 Å². The smallest absolute Gasteiger partial charge is 0.165 e. The molecule has 0 aliphatic carbocycles. The molecule has 5 rings (SSSR count). The second kappa shape index (κ2) is 7.44. The lowest BCUT2D eigenvalue weighted by atomic mass is 10.1. The van der Waals surface area contributed by atoms with E-state index in [9.17, 15) is 4.39 Å². The van der Waals surface area contributed by atoms with E-state index in [4.69, 9.17) is 0 Å². The van der Waals surface area contributed by atoms with Crippen LogP contribution in [0.5, 0.6) is 0 Å². The summed E-state index contributed by atoms with van der Waals surface area (Å²) in [4.78, 5) is 9.04. The van der Waals surface area contributed by atoms with Crippen molar-refractivity contribution >= 4 is 22.4 Å². The van der Waals surface area contributed by atoms with Crippen LogP contribution in [-0.2, 0) is 6.80 Å². The zero-order valence-corrected chi connectivity index (χ0v) is 16.3. The molecule has 7 heteroatoms. The maximum absolute atomic E-state index is 13.4. The number of nitrogens with one attached hydrogen (secondary N) is 2. The first kappa shape index (κ1) is 18.1. The monoisotopic (exact) mass is 398 g/mol. The minimum absolute atomic E-state index is 0.559. The number of benzene rings is 2. The molecule has 0 aliphatic rings. The van der Waals surface area contributed by atoms with E-state index in [0.29, 0.717) is 11.6 Å². The van der Waals surface area contributed by atoms with E-state index in [-0.39, 0.29) is 0 Å². The number of hydrogen-bond donors (Lipinski definition) is 2. The first-order valence-corrected chi connectivity index (χ1v) is 9.57. The van der Waals surface area contributed by atoms with E-state index in [0.717, 1.165) is 39.0 Å². The molecule has 30 heavy (non-hydrogen) atoms. The van der Waals surface area contributed by atoms with E-state index >= 15 is 0 Å². The minimum atomic E-state index is -0.559. The van der Waals surface area contributed by atoms with Crippen LogP contribution < -0.4 is 5.32 Å². The van der Waals surface area contributed by atoms with Crippen LogP contribution in [-0.4, -0.2) is 24.7 Å². The normalized spacial score (nSPS) is 11.1. The van der Waals surface area contributed by atoms with Crippen molar-refractivity contribution in [3.05, 3.63) is 78.9 Å². The Labute approximate surface area is 172 Å². The number of fused-ring (bicyclic) bond motifs is 1. The maximum atomic E-state index is 13.4. The Balaban J connectivity index is 1.42.